The van der Waals surface area contributed by atoms with Crippen LogP contribution in [0.3, 0.4) is 0 Å². The molecule has 3 aromatic carbocycles. The summed E-state index contributed by atoms with van der Waals surface area (Å²) in [5.41, 5.74) is 4.02. The molecule has 1 amide bonds. The van der Waals surface area contributed by atoms with Gasteiger partial charge >= 0.3 is 0 Å². The molecular weight excluding hydrogens is 405 g/mol. The van der Waals surface area contributed by atoms with Crippen LogP contribution in [0.1, 0.15) is 27.3 Å². The Morgan fingerprint density at radius 1 is 1.12 bits per heavy atom. The van der Waals surface area contributed by atoms with Gasteiger partial charge in [0.15, 0.2) is 0 Å². The topological polar surface area (TPSA) is 64.1 Å². The first-order valence-electron chi connectivity index (χ1n) is 10.6. The lowest BCUT2D eigenvalue weighted by atomic mass is 10.0. The Labute approximate surface area is 185 Å². The van der Waals surface area contributed by atoms with E-state index in [1.165, 1.54) is 6.07 Å². The second-order valence-electron chi connectivity index (χ2n) is 8.06. The lowest BCUT2D eigenvalue weighted by molar-refractivity contribution is 0.0934. The lowest BCUT2D eigenvalue weighted by Gasteiger charge is -2.14. The summed E-state index contributed by atoms with van der Waals surface area (Å²) in [6, 6.07) is 16.6. The number of aromatic nitrogens is 2. The zero-order valence-corrected chi connectivity index (χ0v) is 17.9. The maximum absolute atomic E-state index is 14.5. The van der Waals surface area contributed by atoms with Crippen molar-refractivity contribution in [2.24, 2.45) is 0 Å². The van der Waals surface area contributed by atoms with Gasteiger partial charge in [0.05, 0.1) is 23.6 Å². The van der Waals surface area contributed by atoms with Crippen LogP contribution in [0.5, 0.6) is 5.75 Å². The molecule has 0 radical (unpaired) electrons. The highest BCUT2D eigenvalue weighted by Crippen LogP contribution is 2.40. The third-order valence-electron chi connectivity index (χ3n) is 5.75. The molecule has 5 rings (SSSR count). The Hall–Kier alpha value is -3.80. The summed E-state index contributed by atoms with van der Waals surface area (Å²) in [5, 5.41) is 5.01. The van der Waals surface area contributed by atoms with E-state index in [0.29, 0.717) is 29.0 Å². The predicted molar refractivity (Wildman–Crippen MR) is 121 cm³/mol. The van der Waals surface area contributed by atoms with Crippen molar-refractivity contribution in [3.8, 4) is 17.0 Å². The van der Waals surface area contributed by atoms with E-state index in [0.717, 1.165) is 27.7 Å². The number of carbonyl (C=O) groups excluding carboxylic acids is 1. The summed E-state index contributed by atoms with van der Waals surface area (Å²) in [4.78, 5) is 21.6. The number of carbonyl (C=O) groups is 1. The van der Waals surface area contributed by atoms with Crippen molar-refractivity contribution in [1.29, 1.82) is 0 Å². The third kappa shape index (κ3) is 3.68. The predicted octanol–water partition coefficient (Wildman–Crippen LogP) is 4.79. The third-order valence-corrected chi connectivity index (χ3v) is 5.75. The Morgan fingerprint density at radius 2 is 1.94 bits per heavy atom. The van der Waals surface area contributed by atoms with E-state index >= 15 is 0 Å². The van der Waals surface area contributed by atoms with Gasteiger partial charge in [-0.1, -0.05) is 30.3 Å². The molecule has 0 spiro atoms. The van der Waals surface area contributed by atoms with Crippen molar-refractivity contribution in [1.82, 2.24) is 15.3 Å². The molecule has 1 aliphatic rings. The van der Waals surface area contributed by atoms with Crippen LogP contribution in [-0.2, 0) is 6.42 Å². The summed E-state index contributed by atoms with van der Waals surface area (Å²) in [6.45, 7) is 4.01. The minimum Gasteiger partial charge on any atom is -0.487 e. The Balaban J connectivity index is 1.34. The van der Waals surface area contributed by atoms with Crippen molar-refractivity contribution in [2.75, 3.05) is 6.54 Å². The van der Waals surface area contributed by atoms with E-state index in [1.807, 2.05) is 50.2 Å². The van der Waals surface area contributed by atoms with Gasteiger partial charge in [-0.25, -0.2) is 9.37 Å². The summed E-state index contributed by atoms with van der Waals surface area (Å²) in [5.74, 6) is -0.0141. The number of nitrogens with one attached hydrogen (secondary N) is 1. The molecule has 32 heavy (non-hydrogen) atoms. The SMILES string of the molecule is Cc1cnc(C)c(-c2ccc(F)c3c2O[C@H](CNC(=O)c2ccc4ccccc4c2)C3)n1. The smallest absolute Gasteiger partial charge is 0.251 e. The molecule has 0 aliphatic carbocycles. The minimum absolute atomic E-state index is 0.184. The number of rotatable bonds is 4. The highest BCUT2D eigenvalue weighted by atomic mass is 19.1. The van der Waals surface area contributed by atoms with Crippen molar-refractivity contribution in [3.05, 3.63) is 89.1 Å². The number of fused-ring (bicyclic) bond motifs is 2. The van der Waals surface area contributed by atoms with Crippen LogP contribution in [0.4, 0.5) is 4.39 Å². The maximum Gasteiger partial charge on any atom is 0.251 e. The molecule has 0 saturated heterocycles. The maximum atomic E-state index is 14.5. The van der Waals surface area contributed by atoms with Gasteiger partial charge in [0.25, 0.3) is 5.91 Å². The Kier molecular flexibility index (Phi) is 5.05. The van der Waals surface area contributed by atoms with Gasteiger partial charge in [0, 0.05) is 29.3 Å². The van der Waals surface area contributed by atoms with Crippen molar-refractivity contribution >= 4 is 16.7 Å². The van der Waals surface area contributed by atoms with Gasteiger partial charge in [0.1, 0.15) is 17.7 Å². The summed E-state index contributed by atoms with van der Waals surface area (Å²) in [6.07, 6.45) is 1.72. The quantitative estimate of drug-likeness (QED) is 0.509. The summed E-state index contributed by atoms with van der Waals surface area (Å²) in [7, 11) is 0. The standard InChI is InChI=1S/C26H22FN3O2/c1-15-13-28-16(2)24(30-15)21-9-10-23(27)22-12-20(32-25(21)22)14-29-26(31)19-8-7-17-5-3-4-6-18(17)11-19/h3-11,13,20H,12,14H2,1-2H3,(H,29,31)/t20-/m0/s1. The van der Waals surface area contributed by atoms with Crippen LogP contribution in [0.15, 0.2) is 60.8 Å². The molecule has 1 N–H and O–H groups in total. The van der Waals surface area contributed by atoms with E-state index in [4.69, 9.17) is 4.74 Å². The van der Waals surface area contributed by atoms with Crippen LogP contribution in [0, 0.1) is 19.7 Å². The van der Waals surface area contributed by atoms with Crippen molar-refractivity contribution in [3.63, 3.8) is 0 Å². The molecule has 160 valence electrons. The average molecular weight is 427 g/mol. The van der Waals surface area contributed by atoms with E-state index in [2.05, 4.69) is 15.3 Å². The van der Waals surface area contributed by atoms with Crippen LogP contribution in [-0.4, -0.2) is 28.5 Å². The molecule has 0 bridgehead atoms. The zero-order valence-electron chi connectivity index (χ0n) is 17.9. The second kappa shape index (κ2) is 8.04. The molecule has 1 atom stereocenters. The lowest BCUT2D eigenvalue weighted by Crippen LogP contribution is -2.34. The zero-order chi connectivity index (χ0) is 22.2. The highest BCUT2D eigenvalue weighted by Gasteiger charge is 2.30. The molecule has 6 heteroatoms. The fourth-order valence-electron chi connectivity index (χ4n) is 4.10. The van der Waals surface area contributed by atoms with Gasteiger partial charge in [0.2, 0.25) is 0 Å². The van der Waals surface area contributed by atoms with Gasteiger partial charge in [-0.2, -0.15) is 0 Å². The number of benzene rings is 3. The van der Waals surface area contributed by atoms with Crippen molar-refractivity contribution < 1.29 is 13.9 Å². The second-order valence-corrected chi connectivity index (χ2v) is 8.06. The van der Waals surface area contributed by atoms with E-state index < -0.39 is 0 Å². The fourth-order valence-corrected chi connectivity index (χ4v) is 4.10. The van der Waals surface area contributed by atoms with E-state index in [9.17, 15) is 9.18 Å². The van der Waals surface area contributed by atoms with E-state index in [1.54, 1.807) is 18.3 Å². The van der Waals surface area contributed by atoms with Gasteiger partial charge < -0.3 is 10.1 Å². The Morgan fingerprint density at radius 3 is 2.78 bits per heavy atom. The number of hydrogen-bond donors (Lipinski definition) is 1. The first-order chi connectivity index (χ1) is 15.5. The minimum atomic E-state index is -0.358. The molecule has 5 nitrogen and oxygen atoms in total. The normalized spacial score (nSPS) is 14.8. The molecule has 1 aliphatic heterocycles. The molecule has 4 aromatic rings. The fraction of sp³-hybridized carbons (Fsp3) is 0.192. The van der Waals surface area contributed by atoms with Crippen LogP contribution in [0.2, 0.25) is 0 Å². The van der Waals surface area contributed by atoms with Crippen LogP contribution in [0.25, 0.3) is 22.0 Å². The summed E-state index contributed by atoms with van der Waals surface area (Å²) >= 11 is 0. The number of amides is 1. The van der Waals surface area contributed by atoms with Gasteiger partial charge in [-0.05, 0) is 48.9 Å². The number of halogens is 1. The number of aryl methyl sites for hydroxylation is 2. The molecule has 0 unspecified atom stereocenters. The molecular formula is C26H22FN3O2. The molecule has 0 fully saturated rings. The summed E-state index contributed by atoms with van der Waals surface area (Å²) < 4.78 is 20.7. The molecule has 2 heterocycles. The van der Waals surface area contributed by atoms with Crippen molar-refractivity contribution in [2.45, 2.75) is 26.4 Å². The Bertz CT molecular complexity index is 1350. The first kappa shape index (κ1) is 20.1. The monoisotopic (exact) mass is 427 g/mol. The molecule has 1 aromatic heterocycles. The number of ether oxygens (including phenoxy) is 1. The van der Waals surface area contributed by atoms with Gasteiger partial charge in [-0.3, -0.25) is 9.78 Å². The van der Waals surface area contributed by atoms with E-state index in [-0.39, 0.29) is 24.4 Å². The van der Waals surface area contributed by atoms with Gasteiger partial charge in [-0.15, -0.1) is 0 Å². The highest BCUT2D eigenvalue weighted by molar-refractivity contribution is 5.98. The largest absolute Gasteiger partial charge is 0.487 e. The first-order valence-corrected chi connectivity index (χ1v) is 10.6. The molecule has 0 saturated carbocycles. The van der Waals surface area contributed by atoms with Crippen LogP contribution < -0.4 is 10.1 Å². The number of hydrogen-bond acceptors (Lipinski definition) is 4. The number of nitrogens with zero attached hydrogens (tertiary/aromatic N) is 2. The average Bonchev–Trinajstić information content (AvgIpc) is 3.24. The van der Waals surface area contributed by atoms with Crippen LogP contribution >= 0.6 is 0 Å².